The van der Waals surface area contributed by atoms with Gasteiger partial charge in [-0.1, -0.05) is 30.3 Å². The summed E-state index contributed by atoms with van der Waals surface area (Å²) >= 11 is 1.59. The van der Waals surface area contributed by atoms with E-state index in [0.29, 0.717) is 0 Å². The molecule has 1 fully saturated rings. The molecule has 1 aliphatic rings. The van der Waals surface area contributed by atoms with Crippen molar-refractivity contribution in [3.05, 3.63) is 69.5 Å². The molecular weight excluding hydrogens is 392 g/mol. The van der Waals surface area contributed by atoms with Gasteiger partial charge in [0.15, 0.2) is 0 Å². The SMILES string of the molecule is Cc1c(C)c2cccc(CCN3CCN(c4nsc5ccccc45)CC3)c2[nH]c1=O. The van der Waals surface area contributed by atoms with Crippen molar-refractivity contribution < 1.29 is 0 Å². The Balaban J connectivity index is 1.27. The number of aromatic nitrogens is 2. The van der Waals surface area contributed by atoms with Crippen molar-refractivity contribution in [2.45, 2.75) is 20.3 Å². The average Bonchev–Trinajstić information content (AvgIpc) is 3.21. The van der Waals surface area contributed by atoms with E-state index in [-0.39, 0.29) is 5.56 Å². The van der Waals surface area contributed by atoms with Crippen LogP contribution in [-0.2, 0) is 6.42 Å². The number of para-hydroxylation sites is 1. The third kappa shape index (κ3) is 3.40. The Morgan fingerprint density at radius 1 is 0.967 bits per heavy atom. The molecule has 4 aromatic rings. The number of benzene rings is 2. The van der Waals surface area contributed by atoms with Gasteiger partial charge in [-0.25, -0.2) is 0 Å². The quantitative estimate of drug-likeness (QED) is 0.542. The van der Waals surface area contributed by atoms with E-state index in [1.54, 1.807) is 11.5 Å². The summed E-state index contributed by atoms with van der Waals surface area (Å²) in [7, 11) is 0. The zero-order valence-electron chi connectivity index (χ0n) is 17.4. The summed E-state index contributed by atoms with van der Waals surface area (Å²) < 4.78 is 5.97. The summed E-state index contributed by atoms with van der Waals surface area (Å²) in [5.74, 6) is 1.13. The van der Waals surface area contributed by atoms with E-state index in [4.69, 9.17) is 4.37 Å². The summed E-state index contributed by atoms with van der Waals surface area (Å²) in [6, 6.07) is 14.8. The fourth-order valence-corrected chi connectivity index (χ4v) is 5.21. The molecule has 0 unspecified atom stereocenters. The zero-order chi connectivity index (χ0) is 20.7. The fourth-order valence-electron chi connectivity index (χ4n) is 4.41. The maximum Gasteiger partial charge on any atom is 0.251 e. The molecule has 2 aromatic carbocycles. The molecule has 0 aliphatic carbocycles. The molecule has 0 bridgehead atoms. The number of aryl methyl sites for hydroxylation is 1. The van der Waals surface area contributed by atoms with E-state index in [9.17, 15) is 4.79 Å². The van der Waals surface area contributed by atoms with Gasteiger partial charge < -0.3 is 9.88 Å². The van der Waals surface area contributed by atoms with E-state index < -0.39 is 0 Å². The summed E-state index contributed by atoms with van der Waals surface area (Å²) in [5, 5.41) is 2.42. The third-order valence-electron chi connectivity index (χ3n) is 6.42. The largest absolute Gasteiger partial charge is 0.353 e. The first-order valence-electron chi connectivity index (χ1n) is 10.5. The number of pyridine rings is 1. The van der Waals surface area contributed by atoms with Gasteiger partial charge in [0.05, 0.1) is 10.2 Å². The van der Waals surface area contributed by atoms with Crippen molar-refractivity contribution in [2.75, 3.05) is 37.6 Å². The Bertz CT molecular complexity index is 1270. The van der Waals surface area contributed by atoms with Crippen molar-refractivity contribution in [2.24, 2.45) is 0 Å². The molecule has 0 amide bonds. The van der Waals surface area contributed by atoms with Gasteiger partial charge in [0, 0.05) is 49.1 Å². The van der Waals surface area contributed by atoms with Crippen LogP contribution in [0.2, 0.25) is 0 Å². The van der Waals surface area contributed by atoms with Crippen molar-refractivity contribution in [3.8, 4) is 0 Å². The summed E-state index contributed by atoms with van der Waals surface area (Å²) in [6.45, 7) is 9.00. The second-order valence-corrected chi connectivity index (χ2v) is 8.93. The van der Waals surface area contributed by atoms with Crippen molar-refractivity contribution in [1.82, 2.24) is 14.3 Å². The molecule has 6 heteroatoms. The third-order valence-corrected chi connectivity index (χ3v) is 7.24. The molecular formula is C24H26N4OS. The van der Waals surface area contributed by atoms with Crippen molar-refractivity contribution >= 4 is 38.3 Å². The number of H-pyrrole nitrogens is 1. The first kappa shape index (κ1) is 19.3. The maximum atomic E-state index is 12.3. The van der Waals surface area contributed by atoms with Crippen LogP contribution in [0.15, 0.2) is 47.3 Å². The smallest absolute Gasteiger partial charge is 0.251 e. The lowest BCUT2D eigenvalue weighted by Crippen LogP contribution is -2.47. The van der Waals surface area contributed by atoms with Gasteiger partial charge in [-0.3, -0.25) is 9.69 Å². The van der Waals surface area contributed by atoms with Gasteiger partial charge in [0.2, 0.25) is 0 Å². The number of aromatic amines is 1. The number of fused-ring (bicyclic) bond motifs is 2. The molecule has 5 rings (SSSR count). The molecule has 1 saturated heterocycles. The van der Waals surface area contributed by atoms with E-state index in [1.807, 2.05) is 13.8 Å². The Morgan fingerprint density at radius 2 is 1.73 bits per heavy atom. The molecule has 1 aliphatic heterocycles. The second-order valence-electron chi connectivity index (χ2n) is 8.12. The molecule has 0 radical (unpaired) electrons. The van der Waals surface area contributed by atoms with Gasteiger partial charge >= 0.3 is 0 Å². The van der Waals surface area contributed by atoms with Crippen LogP contribution < -0.4 is 10.5 Å². The van der Waals surface area contributed by atoms with Crippen molar-refractivity contribution in [3.63, 3.8) is 0 Å². The van der Waals surface area contributed by atoms with E-state index >= 15 is 0 Å². The van der Waals surface area contributed by atoms with E-state index in [2.05, 4.69) is 57.2 Å². The predicted octanol–water partition coefficient (Wildman–Crippen LogP) is 4.12. The van der Waals surface area contributed by atoms with Gasteiger partial charge in [-0.15, -0.1) is 0 Å². The molecule has 0 saturated carbocycles. The number of nitrogens with one attached hydrogen (secondary N) is 1. The molecule has 2 aromatic heterocycles. The molecule has 154 valence electrons. The first-order valence-corrected chi connectivity index (χ1v) is 11.3. The molecule has 30 heavy (non-hydrogen) atoms. The Labute approximate surface area is 180 Å². The van der Waals surface area contributed by atoms with Crippen LogP contribution in [0, 0.1) is 13.8 Å². The Kier molecular flexibility index (Phi) is 5.05. The Morgan fingerprint density at radius 3 is 2.57 bits per heavy atom. The fraction of sp³-hybridized carbons (Fsp3) is 0.333. The van der Waals surface area contributed by atoms with Crippen LogP contribution in [0.25, 0.3) is 21.0 Å². The van der Waals surface area contributed by atoms with E-state index in [0.717, 1.165) is 67.0 Å². The van der Waals surface area contributed by atoms with Crippen LogP contribution >= 0.6 is 11.5 Å². The normalized spacial score (nSPS) is 15.3. The molecule has 3 heterocycles. The number of nitrogens with zero attached hydrogens (tertiary/aromatic N) is 3. The van der Waals surface area contributed by atoms with Crippen LogP contribution in [0.1, 0.15) is 16.7 Å². The monoisotopic (exact) mass is 418 g/mol. The van der Waals surface area contributed by atoms with Crippen LogP contribution in [0.5, 0.6) is 0 Å². The van der Waals surface area contributed by atoms with Gasteiger partial charge in [-0.2, -0.15) is 4.37 Å². The maximum absolute atomic E-state index is 12.3. The number of hydrogen-bond acceptors (Lipinski definition) is 5. The zero-order valence-corrected chi connectivity index (χ0v) is 18.3. The first-order chi connectivity index (χ1) is 14.6. The highest BCUT2D eigenvalue weighted by atomic mass is 32.1. The lowest BCUT2D eigenvalue weighted by atomic mass is 10.0. The number of hydrogen-bond donors (Lipinski definition) is 1. The van der Waals surface area contributed by atoms with Gasteiger partial charge in [-0.05, 0) is 55.1 Å². The number of piperazine rings is 1. The lowest BCUT2D eigenvalue weighted by Gasteiger charge is -2.35. The number of anilines is 1. The van der Waals surface area contributed by atoms with Crippen LogP contribution in [-0.4, -0.2) is 47.0 Å². The summed E-state index contributed by atoms with van der Waals surface area (Å²) in [6.07, 6.45) is 0.940. The van der Waals surface area contributed by atoms with Crippen LogP contribution in [0.4, 0.5) is 5.82 Å². The van der Waals surface area contributed by atoms with Gasteiger partial charge in [0.1, 0.15) is 5.82 Å². The van der Waals surface area contributed by atoms with E-state index in [1.165, 1.54) is 15.6 Å². The minimum atomic E-state index is 0.0246. The topological polar surface area (TPSA) is 52.2 Å². The molecule has 0 spiro atoms. The lowest BCUT2D eigenvalue weighted by molar-refractivity contribution is 0.261. The number of rotatable bonds is 4. The highest BCUT2D eigenvalue weighted by Crippen LogP contribution is 2.30. The Hall–Kier alpha value is -2.70. The average molecular weight is 419 g/mol. The summed E-state index contributed by atoms with van der Waals surface area (Å²) in [4.78, 5) is 20.3. The molecule has 1 N–H and O–H groups in total. The highest BCUT2D eigenvalue weighted by molar-refractivity contribution is 7.13. The minimum Gasteiger partial charge on any atom is -0.353 e. The minimum absolute atomic E-state index is 0.0246. The molecule has 5 nitrogen and oxygen atoms in total. The summed E-state index contributed by atoms with van der Waals surface area (Å²) in [5.41, 5.74) is 4.14. The standard InChI is InChI=1S/C24H26N4OS/c1-16-17(2)24(29)25-22-18(6-5-8-19(16)22)10-11-27-12-14-28(15-13-27)23-20-7-3-4-9-21(20)30-26-23/h3-9H,10-15H2,1-2H3,(H,25,29). The van der Waals surface area contributed by atoms with Crippen LogP contribution in [0.3, 0.4) is 0 Å². The second kappa shape index (κ2) is 7.85. The predicted molar refractivity (Wildman–Crippen MR) is 126 cm³/mol. The van der Waals surface area contributed by atoms with Gasteiger partial charge in [0.25, 0.3) is 5.56 Å². The molecule has 0 atom stereocenters. The highest BCUT2D eigenvalue weighted by Gasteiger charge is 2.20. The van der Waals surface area contributed by atoms with Crippen molar-refractivity contribution in [1.29, 1.82) is 0 Å².